The summed E-state index contributed by atoms with van der Waals surface area (Å²) in [5.74, 6) is -0.840. The highest BCUT2D eigenvalue weighted by atomic mass is 32.1. The Morgan fingerprint density at radius 3 is 2.90 bits per heavy atom. The van der Waals surface area contributed by atoms with E-state index in [9.17, 15) is 9.59 Å². The van der Waals surface area contributed by atoms with Crippen LogP contribution in [0.3, 0.4) is 0 Å². The van der Waals surface area contributed by atoms with Crippen molar-refractivity contribution in [2.75, 3.05) is 26.2 Å². The summed E-state index contributed by atoms with van der Waals surface area (Å²) in [5.41, 5.74) is 0. The molecule has 1 aromatic rings. The summed E-state index contributed by atoms with van der Waals surface area (Å²) in [6.07, 6.45) is 2.86. The molecule has 5 nitrogen and oxygen atoms in total. The second-order valence-electron chi connectivity index (χ2n) is 5.36. The highest BCUT2D eigenvalue weighted by molar-refractivity contribution is 7.10. The van der Waals surface area contributed by atoms with Crippen LogP contribution in [-0.2, 0) is 9.59 Å². The van der Waals surface area contributed by atoms with E-state index in [1.807, 2.05) is 23.3 Å². The van der Waals surface area contributed by atoms with E-state index >= 15 is 0 Å². The van der Waals surface area contributed by atoms with E-state index in [1.54, 1.807) is 16.2 Å². The summed E-state index contributed by atoms with van der Waals surface area (Å²) < 4.78 is 0. The van der Waals surface area contributed by atoms with Crippen LogP contribution in [0.15, 0.2) is 17.5 Å². The smallest absolute Gasteiger partial charge is 0.317 e. The maximum Gasteiger partial charge on any atom is 0.317 e. The molecule has 2 heterocycles. The Hall–Kier alpha value is -1.40. The molecular formula is C15H22N2O3S. The van der Waals surface area contributed by atoms with Crippen LogP contribution >= 0.6 is 11.3 Å². The minimum absolute atomic E-state index is 0.0422. The molecule has 1 atom stereocenters. The van der Waals surface area contributed by atoms with E-state index in [1.165, 1.54) is 4.88 Å². The van der Waals surface area contributed by atoms with E-state index in [-0.39, 0.29) is 25.0 Å². The van der Waals surface area contributed by atoms with Gasteiger partial charge in [-0.1, -0.05) is 13.0 Å². The van der Waals surface area contributed by atoms with Crippen LogP contribution in [0, 0.1) is 0 Å². The SMILES string of the molecule is CCCN(CC(=O)O)CC(=O)N1CCCC1c1cccs1. The zero-order valence-electron chi connectivity index (χ0n) is 12.3. The molecule has 1 saturated heterocycles. The molecule has 1 aromatic heterocycles. The van der Waals surface area contributed by atoms with Crippen LogP contribution < -0.4 is 0 Å². The Labute approximate surface area is 129 Å². The zero-order chi connectivity index (χ0) is 15.2. The molecule has 1 unspecified atom stereocenters. The molecule has 0 spiro atoms. The number of rotatable bonds is 7. The molecule has 0 radical (unpaired) electrons. The Kier molecular flexibility index (Phi) is 5.76. The number of hydrogen-bond donors (Lipinski definition) is 1. The van der Waals surface area contributed by atoms with Gasteiger partial charge in [0.2, 0.25) is 5.91 Å². The molecular weight excluding hydrogens is 288 g/mol. The minimum atomic E-state index is -0.882. The number of aliphatic carboxylic acids is 1. The lowest BCUT2D eigenvalue weighted by Crippen LogP contribution is -2.42. The van der Waals surface area contributed by atoms with Crippen molar-refractivity contribution < 1.29 is 14.7 Å². The van der Waals surface area contributed by atoms with E-state index < -0.39 is 5.97 Å². The molecule has 0 saturated carbocycles. The monoisotopic (exact) mass is 310 g/mol. The summed E-state index contributed by atoms with van der Waals surface area (Å²) in [6.45, 7) is 3.52. The van der Waals surface area contributed by atoms with Gasteiger partial charge in [-0.25, -0.2) is 0 Å². The van der Waals surface area contributed by atoms with Crippen molar-refractivity contribution in [1.29, 1.82) is 0 Å². The highest BCUT2D eigenvalue weighted by Crippen LogP contribution is 2.34. The number of amides is 1. The zero-order valence-corrected chi connectivity index (χ0v) is 13.1. The van der Waals surface area contributed by atoms with Gasteiger partial charge in [-0.3, -0.25) is 14.5 Å². The molecule has 1 fully saturated rings. The molecule has 21 heavy (non-hydrogen) atoms. The van der Waals surface area contributed by atoms with Crippen LogP contribution in [0.4, 0.5) is 0 Å². The van der Waals surface area contributed by atoms with Gasteiger partial charge >= 0.3 is 5.97 Å². The van der Waals surface area contributed by atoms with Crippen LogP contribution in [0.5, 0.6) is 0 Å². The van der Waals surface area contributed by atoms with Gasteiger partial charge in [0.1, 0.15) is 0 Å². The molecule has 0 aromatic carbocycles. The van der Waals surface area contributed by atoms with E-state index in [2.05, 4.69) is 6.07 Å². The number of carboxylic acid groups (broad SMARTS) is 1. The predicted octanol–water partition coefficient (Wildman–Crippen LogP) is 2.21. The molecule has 116 valence electrons. The lowest BCUT2D eigenvalue weighted by Gasteiger charge is -2.27. The number of hydrogen-bond acceptors (Lipinski definition) is 4. The summed E-state index contributed by atoms with van der Waals surface area (Å²) in [6, 6.07) is 4.25. The topological polar surface area (TPSA) is 60.9 Å². The highest BCUT2D eigenvalue weighted by Gasteiger charge is 2.31. The van der Waals surface area contributed by atoms with Gasteiger partial charge in [0.15, 0.2) is 0 Å². The number of carbonyl (C=O) groups excluding carboxylic acids is 1. The third-order valence-electron chi connectivity index (χ3n) is 3.70. The average molecular weight is 310 g/mol. The average Bonchev–Trinajstić information content (AvgIpc) is 3.09. The van der Waals surface area contributed by atoms with Crippen LogP contribution in [0.2, 0.25) is 0 Å². The largest absolute Gasteiger partial charge is 0.480 e. The standard InChI is InChI=1S/C15H22N2O3S/c1-2-7-16(11-15(19)20)10-14(18)17-8-3-5-12(17)13-6-4-9-21-13/h4,6,9,12H,2-3,5,7-8,10-11H2,1H3,(H,19,20). The first-order valence-electron chi connectivity index (χ1n) is 7.38. The van der Waals surface area contributed by atoms with Crippen molar-refractivity contribution in [3.05, 3.63) is 22.4 Å². The molecule has 0 aliphatic carbocycles. The lowest BCUT2D eigenvalue weighted by atomic mass is 10.2. The van der Waals surface area contributed by atoms with Gasteiger partial charge in [0, 0.05) is 11.4 Å². The van der Waals surface area contributed by atoms with Crippen molar-refractivity contribution >= 4 is 23.2 Å². The van der Waals surface area contributed by atoms with Crippen molar-refractivity contribution in [3.63, 3.8) is 0 Å². The Morgan fingerprint density at radius 2 is 2.29 bits per heavy atom. The summed E-state index contributed by atoms with van der Waals surface area (Å²) in [5, 5.41) is 11.0. The number of nitrogens with zero attached hydrogens (tertiary/aromatic N) is 2. The van der Waals surface area contributed by atoms with Gasteiger partial charge in [-0.05, 0) is 37.3 Å². The molecule has 1 amide bonds. The Balaban J connectivity index is 1.99. The normalized spacial score (nSPS) is 18.4. The Morgan fingerprint density at radius 1 is 1.48 bits per heavy atom. The molecule has 6 heteroatoms. The van der Waals surface area contributed by atoms with Gasteiger partial charge in [-0.15, -0.1) is 11.3 Å². The van der Waals surface area contributed by atoms with E-state index in [0.29, 0.717) is 6.54 Å². The molecule has 1 N–H and O–H groups in total. The maximum atomic E-state index is 12.5. The summed E-state index contributed by atoms with van der Waals surface area (Å²) in [7, 11) is 0. The fraction of sp³-hybridized carbons (Fsp3) is 0.600. The van der Waals surface area contributed by atoms with E-state index in [0.717, 1.165) is 25.8 Å². The predicted molar refractivity (Wildman–Crippen MR) is 82.4 cm³/mol. The fourth-order valence-corrected chi connectivity index (χ4v) is 3.72. The second-order valence-corrected chi connectivity index (χ2v) is 6.34. The summed E-state index contributed by atoms with van der Waals surface area (Å²) in [4.78, 5) is 28.2. The van der Waals surface area contributed by atoms with Gasteiger partial charge in [0.25, 0.3) is 0 Å². The first kappa shape index (κ1) is 16.0. The van der Waals surface area contributed by atoms with Gasteiger partial charge < -0.3 is 10.0 Å². The van der Waals surface area contributed by atoms with Crippen LogP contribution in [0.1, 0.15) is 37.1 Å². The minimum Gasteiger partial charge on any atom is -0.480 e. The first-order valence-corrected chi connectivity index (χ1v) is 8.26. The van der Waals surface area contributed by atoms with Gasteiger partial charge in [0.05, 0.1) is 19.1 Å². The van der Waals surface area contributed by atoms with Gasteiger partial charge in [-0.2, -0.15) is 0 Å². The summed E-state index contributed by atoms with van der Waals surface area (Å²) >= 11 is 1.68. The number of thiophene rings is 1. The van der Waals surface area contributed by atoms with Crippen molar-refractivity contribution in [1.82, 2.24) is 9.80 Å². The second kappa shape index (κ2) is 7.56. The quantitative estimate of drug-likeness (QED) is 0.839. The van der Waals surface area contributed by atoms with Crippen molar-refractivity contribution in [2.24, 2.45) is 0 Å². The Bertz CT molecular complexity index is 475. The molecule has 0 bridgehead atoms. The third kappa shape index (κ3) is 4.28. The van der Waals surface area contributed by atoms with Crippen LogP contribution in [0.25, 0.3) is 0 Å². The van der Waals surface area contributed by atoms with Crippen molar-refractivity contribution in [3.8, 4) is 0 Å². The molecule has 1 aliphatic rings. The van der Waals surface area contributed by atoms with Crippen molar-refractivity contribution in [2.45, 2.75) is 32.2 Å². The lowest BCUT2D eigenvalue weighted by molar-refractivity contribution is -0.140. The first-order chi connectivity index (χ1) is 10.1. The fourth-order valence-electron chi connectivity index (χ4n) is 2.85. The number of carbonyl (C=O) groups is 2. The molecule has 1 aliphatic heterocycles. The van der Waals surface area contributed by atoms with Crippen LogP contribution in [-0.4, -0.2) is 53.0 Å². The maximum absolute atomic E-state index is 12.5. The molecule has 2 rings (SSSR count). The number of likely N-dealkylation sites (tertiary alicyclic amines) is 1. The van der Waals surface area contributed by atoms with E-state index in [4.69, 9.17) is 5.11 Å². The third-order valence-corrected chi connectivity index (χ3v) is 4.68. The number of carboxylic acids is 1.